The van der Waals surface area contributed by atoms with Gasteiger partial charge in [-0.05, 0) is 20.8 Å². The van der Waals surface area contributed by atoms with Crippen molar-refractivity contribution in [3.63, 3.8) is 0 Å². The number of primary amides is 1. The molecule has 70 valence electrons. The summed E-state index contributed by atoms with van der Waals surface area (Å²) in [7, 11) is 0. The molecule has 3 N–H and O–H groups in total. The number of rotatable bonds is 2. The zero-order chi connectivity index (χ0) is 9.94. The quantitative estimate of drug-likeness (QED) is 0.629. The normalized spacial score (nSPS) is 10.9. The molecule has 0 saturated heterocycles. The molecule has 0 unspecified atom stereocenters. The summed E-state index contributed by atoms with van der Waals surface area (Å²) in [5.41, 5.74) is 4.29. The van der Waals surface area contributed by atoms with E-state index >= 15 is 0 Å². The van der Waals surface area contributed by atoms with Gasteiger partial charge in [0.2, 0.25) is 5.91 Å². The van der Waals surface area contributed by atoms with Crippen molar-refractivity contribution in [1.29, 1.82) is 0 Å². The van der Waals surface area contributed by atoms with E-state index in [1.165, 1.54) is 0 Å². The molecule has 5 nitrogen and oxygen atoms in total. The van der Waals surface area contributed by atoms with E-state index in [0.29, 0.717) is 0 Å². The first-order valence-corrected chi connectivity index (χ1v) is 3.54. The summed E-state index contributed by atoms with van der Waals surface area (Å²) in [6.07, 6.45) is -1.14. The van der Waals surface area contributed by atoms with E-state index in [9.17, 15) is 9.59 Å². The maximum absolute atomic E-state index is 10.6. The molecule has 0 rings (SSSR count). The Kier molecular flexibility index (Phi) is 3.06. The largest absolute Gasteiger partial charge is 0.465 e. The molecule has 0 bridgehead atoms. The highest BCUT2D eigenvalue weighted by Crippen LogP contribution is 2.12. The molecule has 0 aromatic heterocycles. The van der Waals surface area contributed by atoms with Crippen molar-refractivity contribution < 1.29 is 14.7 Å². The van der Waals surface area contributed by atoms with Crippen LogP contribution in [0.15, 0.2) is 0 Å². The number of hydrogen-bond donors (Lipinski definition) is 2. The predicted molar refractivity (Wildman–Crippen MR) is 43.7 cm³/mol. The first kappa shape index (κ1) is 10.7. The Balaban J connectivity index is 4.46. The molecular weight excluding hydrogens is 160 g/mol. The Hall–Kier alpha value is -1.26. The lowest BCUT2D eigenvalue weighted by atomic mass is 10.1. The number of hydrogen-bond acceptors (Lipinski definition) is 2. The van der Waals surface area contributed by atoms with Crippen molar-refractivity contribution in [2.24, 2.45) is 5.73 Å². The highest BCUT2D eigenvalue weighted by atomic mass is 16.4. The molecule has 0 aliphatic heterocycles. The van der Waals surface area contributed by atoms with Crippen LogP contribution in [0.5, 0.6) is 0 Å². The van der Waals surface area contributed by atoms with Crippen LogP contribution in [-0.2, 0) is 4.79 Å². The van der Waals surface area contributed by atoms with Crippen molar-refractivity contribution in [3.05, 3.63) is 0 Å². The van der Waals surface area contributed by atoms with Gasteiger partial charge in [0.25, 0.3) is 0 Å². The number of nitrogens with two attached hydrogens (primary N) is 1. The molecule has 0 fully saturated rings. The van der Waals surface area contributed by atoms with Crippen LogP contribution in [0.3, 0.4) is 0 Å². The number of carboxylic acid groups (broad SMARTS) is 1. The van der Waals surface area contributed by atoms with Crippen molar-refractivity contribution in [2.75, 3.05) is 6.54 Å². The van der Waals surface area contributed by atoms with Crippen molar-refractivity contribution >= 4 is 12.0 Å². The van der Waals surface area contributed by atoms with Crippen LogP contribution in [0.25, 0.3) is 0 Å². The Morgan fingerprint density at radius 1 is 1.42 bits per heavy atom. The van der Waals surface area contributed by atoms with E-state index in [1.807, 2.05) is 0 Å². The van der Waals surface area contributed by atoms with E-state index in [2.05, 4.69) is 0 Å². The van der Waals surface area contributed by atoms with Crippen LogP contribution in [0.1, 0.15) is 20.8 Å². The zero-order valence-electron chi connectivity index (χ0n) is 7.50. The molecular formula is C7H14N2O3. The van der Waals surface area contributed by atoms with Crippen LogP contribution in [0.4, 0.5) is 4.79 Å². The first-order valence-electron chi connectivity index (χ1n) is 3.54. The van der Waals surface area contributed by atoms with Crippen molar-refractivity contribution in [3.8, 4) is 0 Å². The summed E-state index contributed by atoms with van der Waals surface area (Å²) in [6, 6.07) is 0. The fraction of sp³-hybridized carbons (Fsp3) is 0.714. The molecule has 0 aromatic carbocycles. The Labute approximate surface area is 71.1 Å². The van der Waals surface area contributed by atoms with Gasteiger partial charge in [0.1, 0.15) is 6.54 Å². The van der Waals surface area contributed by atoms with Gasteiger partial charge in [-0.25, -0.2) is 4.79 Å². The second-order valence-corrected chi connectivity index (χ2v) is 3.51. The molecule has 0 aliphatic rings. The lowest BCUT2D eigenvalue weighted by Crippen LogP contribution is -2.48. The van der Waals surface area contributed by atoms with Gasteiger partial charge in [-0.2, -0.15) is 0 Å². The number of carbonyl (C=O) groups is 2. The van der Waals surface area contributed by atoms with Crippen LogP contribution in [0.2, 0.25) is 0 Å². The SMILES string of the molecule is CC(C)(C)N(CC(N)=O)C(=O)O. The number of amides is 2. The molecule has 0 aliphatic carbocycles. The maximum Gasteiger partial charge on any atom is 0.408 e. The fourth-order valence-electron chi connectivity index (χ4n) is 0.748. The van der Waals surface area contributed by atoms with Crippen LogP contribution < -0.4 is 5.73 Å². The molecule has 5 heteroatoms. The molecule has 0 spiro atoms. The average Bonchev–Trinajstić information content (AvgIpc) is 1.79. The second kappa shape index (κ2) is 3.42. The molecule has 0 saturated carbocycles. The summed E-state index contributed by atoms with van der Waals surface area (Å²) < 4.78 is 0. The minimum atomic E-state index is -1.14. The molecule has 0 radical (unpaired) electrons. The third-order valence-corrected chi connectivity index (χ3v) is 1.35. The minimum absolute atomic E-state index is 0.265. The van der Waals surface area contributed by atoms with E-state index in [4.69, 9.17) is 10.8 Å². The smallest absolute Gasteiger partial charge is 0.408 e. The summed E-state index contributed by atoms with van der Waals surface area (Å²) >= 11 is 0. The standard InChI is InChI=1S/C7H14N2O3/c1-7(2,3)9(6(11)12)4-5(8)10/h4H2,1-3H3,(H2,8,10)(H,11,12). The lowest BCUT2D eigenvalue weighted by molar-refractivity contribution is -0.119. The van der Waals surface area contributed by atoms with Gasteiger partial charge in [0.15, 0.2) is 0 Å². The monoisotopic (exact) mass is 174 g/mol. The van der Waals surface area contributed by atoms with E-state index in [-0.39, 0.29) is 6.54 Å². The lowest BCUT2D eigenvalue weighted by Gasteiger charge is -2.31. The molecule has 0 aromatic rings. The highest BCUT2D eigenvalue weighted by molar-refractivity contribution is 5.80. The average molecular weight is 174 g/mol. The van der Waals surface area contributed by atoms with Crippen LogP contribution in [-0.4, -0.2) is 34.1 Å². The summed E-state index contributed by atoms with van der Waals surface area (Å²) in [6.45, 7) is 4.83. The first-order chi connectivity index (χ1) is 5.25. The van der Waals surface area contributed by atoms with E-state index < -0.39 is 17.5 Å². The van der Waals surface area contributed by atoms with Crippen LogP contribution in [0, 0.1) is 0 Å². The third kappa shape index (κ3) is 3.23. The van der Waals surface area contributed by atoms with Gasteiger partial charge >= 0.3 is 6.09 Å². The highest BCUT2D eigenvalue weighted by Gasteiger charge is 2.26. The Bertz CT molecular complexity index is 195. The second-order valence-electron chi connectivity index (χ2n) is 3.51. The molecule has 0 atom stereocenters. The molecule has 12 heavy (non-hydrogen) atoms. The Morgan fingerprint density at radius 3 is 1.92 bits per heavy atom. The van der Waals surface area contributed by atoms with Gasteiger partial charge in [0, 0.05) is 5.54 Å². The molecule has 2 amide bonds. The summed E-state index contributed by atoms with van der Waals surface area (Å²) in [5, 5.41) is 8.68. The summed E-state index contributed by atoms with van der Waals surface area (Å²) in [5.74, 6) is -0.646. The molecule has 0 heterocycles. The van der Waals surface area contributed by atoms with Gasteiger partial charge in [-0.3, -0.25) is 9.69 Å². The topological polar surface area (TPSA) is 83.6 Å². The van der Waals surface area contributed by atoms with Crippen molar-refractivity contribution in [1.82, 2.24) is 4.90 Å². The Morgan fingerprint density at radius 2 is 1.83 bits per heavy atom. The van der Waals surface area contributed by atoms with Gasteiger partial charge in [0.05, 0.1) is 0 Å². The van der Waals surface area contributed by atoms with Gasteiger partial charge < -0.3 is 10.8 Å². The minimum Gasteiger partial charge on any atom is -0.465 e. The van der Waals surface area contributed by atoms with E-state index in [1.54, 1.807) is 20.8 Å². The fourth-order valence-corrected chi connectivity index (χ4v) is 0.748. The zero-order valence-corrected chi connectivity index (χ0v) is 7.50. The van der Waals surface area contributed by atoms with Gasteiger partial charge in [-0.15, -0.1) is 0 Å². The van der Waals surface area contributed by atoms with Gasteiger partial charge in [-0.1, -0.05) is 0 Å². The maximum atomic E-state index is 10.6. The number of carbonyl (C=O) groups excluding carboxylic acids is 1. The number of nitrogens with zero attached hydrogens (tertiary/aromatic N) is 1. The van der Waals surface area contributed by atoms with Crippen molar-refractivity contribution in [2.45, 2.75) is 26.3 Å². The van der Waals surface area contributed by atoms with Crippen LogP contribution >= 0.6 is 0 Å². The summed E-state index contributed by atoms with van der Waals surface area (Å²) in [4.78, 5) is 22.1. The van der Waals surface area contributed by atoms with E-state index in [0.717, 1.165) is 4.90 Å². The predicted octanol–water partition coefficient (Wildman–Crippen LogP) is 0.250. The third-order valence-electron chi connectivity index (χ3n) is 1.35.